The summed E-state index contributed by atoms with van der Waals surface area (Å²) >= 11 is 0. The molecule has 2 rings (SSSR count). The van der Waals surface area contributed by atoms with Crippen molar-refractivity contribution in [3.63, 3.8) is 0 Å². The van der Waals surface area contributed by atoms with E-state index in [0.29, 0.717) is 0 Å². The van der Waals surface area contributed by atoms with Gasteiger partial charge in [0.25, 0.3) is 0 Å². The second-order valence-electron chi connectivity index (χ2n) is 2.02. The minimum absolute atomic E-state index is 0.850. The van der Waals surface area contributed by atoms with Gasteiger partial charge < -0.3 is 4.90 Å². The molecule has 2 N–H and O–H groups in total. The summed E-state index contributed by atoms with van der Waals surface area (Å²) in [4.78, 5) is 6.19. The van der Waals surface area contributed by atoms with E-state index < -0.39 is 0 Å². The van der Waals surface area contributed by atoms with E-state index in [4.69, 9.17) is 0 Å². The van der Waals surface area contributed by atoms with Gasteiger partial charge >= 0.3 is 0 Å². The van der Waals surface area contributed by atoms with E-state index in [1.165, 1.54) is 0 Å². The third kappa shape index (κ3) is 0.675. The number of aliphatic imine (C=N–C) groups is 1. The van der Waals surface area contributed by atoms with Crippen LogP contribution < -0.4 is 10.9 Å². The number of hydrogen-bond acceptors (Lipinski definition) is 4. The first-order chi connectivity index (χ1) is 4.47. The number of hydrazine groups is 1. The fourth-order valence-corrected chi connectivity index (χ4v) is 0.931. The molecule has 0 spiro atoms. The molecular formula is C5H8N4. The predicted molar refractivity (Wildman–Crippen MR) is 34.4 cm³/mol. The van der Waals surface area contributed by atoms with Crippen LogP contribution in [0.3, 0.4) is 0 Å². The van der Waals surface area contributed by atoms with Crippen molar-refractivity contribution in [1.82, 2.24) is 15.8 Å². The standard InChI is InChI=1S/C5H8N4/c1-2-6-5-8-7-4-9(5)3-1/h1-2,7H,3-4H2,(H,6,8). The Bertz CT molecular complexity index is 172. The molecule has 1 saturated heterocycles. The molecule has 0 bridgehead atoms. The number of guanidine groups is 1. The number of hydrogen-bond donors (Lipinski definition) is 2. The van der Waals surface area contributed by atoms with E-state index in [9.17, 15) is 0 Å². The van der Waals surface area contributed by atoms with Crippen LogP contribution in [0.15, 0.2) is 17.3 Å². The Balaban J connectivity index is 2.23. The maximum absolute atomic E-state index is 4.08. The highest BCUT2D eigenvalue weighted by Gasteiger charge is 2.16. The third-order valence-corrected chi connectivity index (χ3v) is 1.40. The van der Waals surface area contributed by atoms with E-state index in [1.807, 2.05) is 12.3 Å². The maximum atomic E-state index is 4.08. The largest absolute Gasteiger partial charge is 0.323 e. The van der Waals surface area contributed by atoms with Crippen LogP contribution in [0.4, 0.5) is 0 Å². The second-order valence-corrected chi connectivity index (χ2v) is 2.02. The smallest absolute Gasteiger partial charge is 0.214 e. The summed E-state index contributed by atoms with van der Waals surface area (Å²) in [5.74, 6) is 0.928. The van der Waals surface area contributed by atoms with Crippen LogP contribution in [0.2, 0.25) is 0 Å². The van der Waals surface area contributed by atoms with Crippen LogP contribution in [0.1, 0.15) is 0 Å². The number of rotatable bonds is 0. The van der Waals surface area contributed by atoms with Crippen LogP contribution in [-0.2, 0) is 0 Å². The van der Waals surface area contributed by atoms with Gasteiger partial charge in [-0.1, -0.05) is 0 Å². The Hall–Kier alpha value is -1.03. The van der Waals surface area contributed by atoms with Gasteiger partial charge in [-0.3, -0.25) is 5.43 Å². The van der Waals surface area contributed by atoms with Crippen molar-refractivity contribution in [1.29, 1.82) is 0 Å². The molecule has 1 fully saturated rings. The van der Waals surface area contributed by atoms with E-state index in [-0.39, 0.29) is 0 Å². The van der Waals surface area contributed by atoms with Crippen LogP contribution >= 0.6 is 0 Å². The average Bonchev–Trinajstić information content (AvgIpc) is 2.33. The molecule has 4 nitrogen and oxygen atoms in total. The summed E-state index contributed by atoms with van der Waals surface area (Å²) in [7, 11) is 0. The zero-order valence-electron chi connectivity index (χ0n) is 4.96. The molecule has 0 atom stereocenters. The fourth-order valence-electron chi connectivity index (χ4n) is 0.931. The molecule has 0 radical (unpaired) electrons. The molecule has 0 aromatic carbocycles. The van der Waals surface area contributed by atoms with E-state index in [2.05, 4.69) is 20.7 Å². The van der Waals surface area contributed by atoms with Gasteiger partial charge in [-0.15, -0.1) is 0 Å². The second kappa shape index (κ2) is 1.73. The lowest BCUT2D eigenvalue weighted by atomic mass is 10.5. The Kier molecular flexibility index (Phi) is 0.927. The summed E-state index contributed by atoms with van der Waals surface area (Å²) in [6.45, 7) is 1.81. The van der Waals surface area contributed by atoms with Crippen molar-refractivity contribution in [3.05, 3.63) is 12.3 Å². The quantitative estimate of drug-likeness (QED) is 0.446. The third-order valence-electron chi connectivity index (χ3n) is 1.40. The summed E-state index contributed by atoms with van der Waals surface area (Å²) in [5, 5.41) is 0. The highest BCUT2D eigenvalue weighted by atomic mass is 15.6. The van der Waals surface area contributed by atoms with Crippen LogP contribution in [0.25, 0.3) is 0 Å². The molecule has 9 heavy (non-hydrogen) atoms. The first-order valence-corrected chi connectivity index (χ1v) is 2.93. The number of nitrogens with one attached hydrogen (secondary N) is 2. The van der Waals surface area contributed by atoms with Crippen molar-refractivity contribution >= 4 is 5.96 Å². The number of fused-ring (bicyclic) bond motifs is 1. The highest BCUT2D eigenvalue weighted by molar-refractivity contribution is 5.82. The Morgan fingerprint density at radius 2 is 2.67 bits per heavy atom. The molecule has 0 aliphatic carbocycles. The topological polar surface area (TPSA) is 39.7 Å². The molecule has 48 valence electrons. The molecular weight excluding hydrogens is 116 g/mol. The van der Waals surface area contributed by atoms with Gasteiger partial charge in [0.05, 0.1) is 6.67 Å². The summed E-state index contributed by atoms with van der Waals surface area (Å²) in [6, 6.07) is 0. The lowest BCUT2D eigenvalue weighted by molar-refractivity contribution is 0.471. The van der Waals surface area contributed by atoms with Crippen molar-refractivity contribution in [2.24, 2.45) is 4.99 Å². The molecule has 0 aromatic rings. The van der Waals surface area contributed by atoms with Gasteiger partial charge in [0, 0.05) is 12.7 Å². The Labute approximate surface area is 53.2 Å². The molecule has 0 saturated carbocycles. The first kappa shape index (κ1) is 4.81. The minimum atomic E-state index is 0.850. The zero-order valence-corrected chi connectivity index (χ0v) is 4.96. The molecule has 4 heteroatoms. The Morgan fingerprint density at radius 3 is 3.56 bits per heavy atom. The summed E-state index contributed by atoms with van der Waals surface area (Å²) < 4.78 is 0. The zero-order chi connectivity index (χ0) is 6.10. The van der Waals surface area contributed by atoms with Crippen molar-refractivity contribution < 1.29 is 0 Å². The SMILES string of the molecule is C1=CN=C2NNCN2C1. The normalized spacial score (nSPS) is 23.1. The first-order valence-electron chi connectivity index (χ1n) is 2.93. The average molecular weight is 124 g/mol. The summed E-state index contributed by atoms with van der Waals surface area (Å²) in [5.41, 5.74) is 5.90. The van der Waals surface area contributed by atoms with Crippen LogP contribution in [-0.4, -0.2) is 24.1 Å². The molecule has 2 aliphatic heterocycles. The molecule has 0 aromatic heterocycles. The van der Waals surface area contributed by atoms with Gasteiger partial charge in [0.2, 0.25) is 5.96 Å². The predicted octanol–water partition coefficient (Wildman–Crippen LogP) is -0.763. The monoisotopic (exact) mass is 124 g/mol. The van der Waals surface area contributed by atoms with Crippen molar-refractivity contribution in [3.8, 4) is 0 Å². The molecule has 2 heterocycles. The van der Waals surface area contributed by atoms with Gasteiger partial charge in [-0.2, -0.15) is 0 Å². The minimum Gasteiger partial charge on any atom is -0.323 e. The van der Waals surface area contributed by atoms with E-state index in [1.54, 1.807) is 0 Å². The van der Waals surface area contributed by atoms with Gasteiger partial charge in [0.1, 0.15) is 0 Å². The van der Waals surface area contributed by atoms with Crippen molar-refractivity contribution in [2.45, 2.75) is 0 Å². The Morgan fingerprint density at radius 1 is 1.67 bits per heavy atom. The van der Waals surface area contributed by atoms with Crippen molar-refractivity contribution in [2.75, 3.05) is 13.2 Å². The van der Waals surface area contributed by atoms with Crippen LogP contribution in [0.5, 0.6) is 0 Å². The number of nitrogens with zero attached hydrogens (tertiary/aromatic N) is 2. The molecule has 2 aliphatic rings. The molecule has 0 unspecified atom stereocenters. The van der Waals surface area contributed by atoms with Gasteiger partial charge in [-0.05, 0) is 6.08 Å². The van der Waals surface area contributed by atoms with E-state index in [0.717, 1.165) is 19.2 Å². The van der Waals surface area contributed by atoms with E-state index >= 15 is 0 Å². The highest BCUT2D eigenvalue weighted by Crippen LogP contribution is 1.98. The fraction of sp³-hybridized carbons (Fsp3) is 0.400. The van der Waals surface area contributed by atoms with Crippen LogP contribution in [0, 0.1) is 0 Å². The lowest BCUT2D eigenvalue weighted by Crippen LogP contribution is -2.32. The summed E-state index contributed by atoms with van der Waals surface area (Å²) in [6.07, 6.45) is 3.84. The van der Waals surface area contributed by atoms with Gasteiger partial charge in [-0.25, -0.2) is 10.4 Å². The maximum Gasteiger partial charge on any atom is 0.214 e. The van der Waals surface area contributed by atoms with Gasteiger partial charge in [0.15, 0.2) is 0 Å². The lowest BCUT2D eigenvalue weighted by Gasteiger charge is -2.15. The molecule has 0 amide bonds.